The molecule has 0 saturated heterocycles. The van der Waals surface area contributed by atoms with E-state index in [1.54, 1.807) is 6.20 Å². The van der Waals surface area contributed by atoms with Gasteiger partial charge in [-0.2, -0.15) is 0 Å². The van der Waals surface area contributed by atoms with Crippen LogP contribution < -0.4 is 5.73 Å². The molecule has 0 bridgehead atoms. The predicted octanol–water partition coefficient (Wildman–Crippen LogP) is -1.07. The molecule has 1 heterocycles. The van der Waals surface area contributed by atoms with Gasteiger partial charge in [-0.25, -0.2) is 14.6 Å². The molecule has 0 aromatic carbocycles. The van der Waals surface area contributed by atoms with Crippen LogP contribution >= 0.6 is 9.42 Å². The number of rotatable bonds is 4. The van der Waals surface area contributed by atoms with Gasteiger partial charge in [0.25, 0.3) is 0 Å². The summed E-state index contributed by atoms with van der Waals surface area (Å²) in [6.45, 7) is 0. The quantitative estimate of drug-likeness (QED) is 0.184. The molecule has 12 nitrogen and oxygen atoms in total. The summed E-state index contributed by atoms with van der Waals surface area (Å²) in [6, 6.07) is -0.863. The molecule has 0 aliphatic carbocycles. The van der Waals surface area contributed by atoms with E-state index in [-0.39, 0.29) is 6.42 Å². The number of hydrogen-bond donors (Lipinski definition) is 5. The summed E-state index contributed by atoms with van der Waals surface area (Å²) in [5.74, 6) is -4.65. The van der Waals surface area contributed by atoms with Crippen LogP contribution in [0.3, 0.4) is 0 Å². The Morgan fingerprint density at radius 3 is 2.09 bits per heavy atom. The van der Waals surface area contributed by atoms with E-state index in [9.17, 15) is 4.79 Å². The Hall–Kier alpha value is -2.04. The van der Waals surface area contributed by atoms with Crippen molar-refractivity contribution in [2.45, 2.75) is 12.5 Å². The first kappa shape index (κ1) is 22.2. The number of aromatic nitrogens is 2. The van der Waals surface area contributed by atoms with E-state index in [1.165, 1.54) is 6.33 Å². The molecular formula is C8H11ClN4O8Pt. The van der Waals surface area contributed by atoms with Crippen molar-refractivity contribution in [2.75, 3.05) is 0 Å². The van der Waals surface area contributed by atoms with Crippen molar-refractivity contribution in [3.05, 3.63) is 28.3 Å². The number of aliphatic carboxylic acids is 3. The molecule has 0 radical (unpaired) electrons. The van der Waals surface area contributed by atoms with Crippen LogP contribution in [0.4, 0.5) is 0 Å². The molecule has 0 fully saturated rings. The van der Waals surface area contributed by atoms with Crippen LogP contribution in [-0.2, 0) is 38.6 Å². The molecule has 22 heavy (non-hydrogen) atoms. The fourth-order valence-corrected chi connectivity index (χ4v) is 0.715. The van der Waals surface area contributed by atoms with Crippen LogP contribution in [0.1, 0.15) is 5.69 Å². The van der Waals surface area contributed by atoms with Gasteiger partial charge in [0.2, 0.25) is 0 Å². The Labute approximate surface area is 135 Å². The minimum atomic E-state index is -1.82. The zero-order valence-electron chi connectivity index (χ0n) is 10.5. The van der Waals surface area contributed by atoms with Gasteiger partial charge >= 0.3 is 58.7 Å². The van der Waals surface area contributed by atoms with Gasteiger partial charge in [-0.15, -0.1) is 0 Å². The number of nitrogens with zero attached hydrogens (tertiary/aromatic N) is 2. The van der Waals surface area contributed by atoms with Gasteiger partial charge in [-0.1, -0.05) is 0 Å². The Morgan fingerprint density at radius 1 is 1.41 bits per heavy atom. The number of aromatic amines is 1. The predicted molar refractivity (Wildman–Crippen MR) is 66.0 cm³/mol. The van der Waals surface area contributed by atoms with Crippen molar-refractivity contribution in [3.63, 3.8) is 0 Å². The molecule has 0 aliphatic heterocycles. The Bertz CT molecular complexity index is 484. The normalized spacial score (nSPS) is 10.3. The Balaban J connectivity index is 0. The topological polar surface area (TPSA) is 210 Å². The molecule has 1 atom stereocenters. The van der Waals surface area contributed by atoms with E-state index >= 15 is 0 Å². The molecule has 1 aromatic heterocycles. The summed E-state index contributed by atoms with van der Waals surface area (Å²) in [6.07, 6.45) is 3.38. The first-order valence-electron chi connectivity index (χ1n) is 4.89. The summed E-state index contributed by atoms with van der Waals surface area (Å²) >= 11 is -1.27. The van der Waals surface area contributed by atoms with Crippen molar-refractivity contribution in [1.29, 1.82) is 0 Å². The summed E-state index contributed by atoms with van der Waals surface area (Å²) in [4.78, 5) is 44.1. The van der Waals surface area contributed by atoms with E-state index in [1.807, 2.05) is 0 Å². The standard InChI is InChI=1S/C6H9N3O2.C2H2O4.ClH.NO2.Pt/c7-5(6(10)11)1-4-2-8-3-9-4;3-1(4)2(5)6;;2-1-3;/h2-3,5H,1,7H2,(H,8,9)(H,10,11);(H,3,4)(H,5,6);1H;;/q;;;;+1/p-1. The van der Waals surface area contributed by atoms with E-state index in [0.717, 1.165) is 0 Å². The zero-order valence-corrected chi connectivity index (χ0v) is 13.5. The van der Waals surface area contributed by atoms with Gasteiger partial charge in [-0.3, -0.25) is 4.79 Å². The third-order valence-corrected chi connectivity index (χ3v) is 2.56. The molecule has 0 amide bonds. The number of H-pyrrole nitrogens is 1. The molecule has 0 aliphatic rings. The van der Waals surface area contributed by atoms with Crippen molar-refractivity contribution in [1.82, 2.24) is 9.97 Å². The third kappa shape index (κ3) is 14.4. The van der Waals surface area contributed by atoms with Crippen molar-refractivity contribution >= 4 is 27.3 Å². The monoisotopic (exact) mass is 521 g/mol. The molecule has 6 N–H and O–H groups in total. The van der Waals surface area contributed by atoms with Crippen LogP contribution in [0.5, 0.6) is 0 Å². The number of halogens is 1. The fourth-order valence-electron chi connectivity index (χ4n) is 0.715. The zero-order chi connectivity index (χ0) is 17.7. The molecule has 128 valence electrons. The molecule has 1 unspecified atom stereocenters. The van der Waals surface area contributed by atoms with Crippen LogP contribution in [0.15, 0.2) is 12.5 Å². The number of nitrogens with two attached hydrogens (primary N) is 1. The SMILES string of the molecule is NC(Cc1c[nH]cn1)C(=O)O.O=C(O)C(=O)O.O=[N+]([O-])[Pt][Cl]. The second-order valence-corrected chi connectivity index (χ2v) is 5.15. The molecular weight excluding hydrogens is 511 g/mol. The molecule has 0 spiro atoms. The van der Waals surface area contributed by atoms with E-state index in [0.29, 0.717) is 5.69 Å². The summed E-state index contributed by atoms with van der Waals surface area (Å²) in [5.41, 5.74) is 5.92. The summed E-state index contributed by atoms with van der Waals surface area (Å²) in [5, 5.41) is 32.3. The molecule has 1 aromatic rings. The molecule has 14 heteroatoms. The van der Waals surface area contributed by atoms with Crippen molar-refractivity contribution in [3.8, 4) is 0 Å². The average Bonchev–Trinajstić information content (AvgIpc) is 2.92. The maximum atomic E-state index is 10.3. The van der Waals surface area contributed by atoms with Crippen LogP contribution in [0.2, 0.25) is 0 Å². The van der Waals surface area contributed by atoms with Gasteiger partial charge in [0.15, 0.2) is 0 Å². The van der Waals surface area contributed by atoms with Crippen LogP contribution in [0.25, 0.3) is 0 Å². The Morgan fingerprint density at radius 2 is 1.86 bits per heavy atom. The second kappa shape index (κ2) is 12.7. The number of carbonyl (C=O) groups is 3. The number of nitro groups is 1. The number of carboxylic acid groups (broad SMARTS) is 3. The first-order chi connectivity index (χ1) is 10.1. The molecule has 1 rings (SSSR count). The summed E-state index contributed by atoms with van der Waals surface area (Å²) < 4.78 is -0.498. The van der Waals surface area contributed by atoms with E-state index in [2.05, 4.69) is 9.97 Å². The average molecular weight is 522 g/mol. The van der Waals surface area contributed by atoms with E-state index in [4.69, 9.17) is 50.2 Å². The van der Waals surface area contributed by atoms with Gasteiger partial charge in [0.05, 0.1) is 12.0 Å². The van der Waals surface area contributed by atoms with E-state index < -0.39 is 45.2 Å². The van der Waals surface area contributed by atoms with Gasteiger partial charge in [0, 0.05) is 12.6 Å². The second-order valence-electron chi connectivity index (χ2n) is 3.06. The third-order valence-electron chi connectivity index (χ3n) is 1.53. The molecule has 0 saturated carbocycles. The Kier molecular flexibility index (Phi) is 12.8. The summed E-state index contributed by atoms with van der Waals surface area (Å²) in [7, 11) is 4.75. The number of imidazole rings is 1. The van der Waals surface area contributed by atoms with Crippen LogP contribution in [-0.4, -0.2) is 52.7 Å². The first-order valence-corrected chi connectivity index (χ1v) is 8.72. The number of hydrogen-bond acceptors (Lipinski definition) is 7. The van der Waals surface area contributed by atoms with Crippen molar-refractivity contribution in [2.24, 2.45) is 5.73 Å². The minimum absolute atomic E-state index is 0.263. The number of carboxylic acids is 3. The van der Waals surface area contributed by atoms with Gasteiger partial charge < -0.3 is 26.0 Å². The van der Waals surface area contributed by atoms with Crippen LogP contribution in [0, 0.1) is 10.1 Å². The van der Waals surface area contributed by atoms with Crippen molar-refractivity contribution < 1.29 is 51.0 Å². The fraction of sp³-hybridized carbons (Fsp3) is 0.250. The number of nitrogens with one attached hydrogen (secondary N) is 1. The maximum absolute atomic E-state index is 10.3. The van der Waals surface area contributed by atoms with Gasteiger partial charge in [-0.05, 0) is 0 Å². The van der Waals surface area contributed by atoms with Gasteiger partial charge in [0.1, 0.15) is 6.04 Å².